The number of carbonyl (C=O) groups excluding carboxylic acids is 3. The second kappa shape index (κ2) is 18.6. The van der Waals surface area contributed by atoms with Crippen molar-refractivity contribution in [2.24, 2.45) is 5.16 Å². The summed E-state index contributed by atoms with van der Waals surface area (Å²) in [5.41, 5.74) is 2.88. The lowest BCUT2D eigenvalue weighted by Gasteiger charge is -2.34. The summed E-state index contributed by atoms with van der Waals surface area (Å²) in [7, 11) is 0. The van der Waals surface area contributed by atoms with E-state index in [0.29, 0.717) is 37.3 Å². The van der Waals surface area contributed by atoms with Gasteiger partial charge in [-0.05, 0) is 31.4 Å². The number of Topliss-reactive ketones (excluding diaryl/α,β-unsaturated/α-hetero) is 2. The topological polar surface area (TPSA) is 121 Å². The van der Waals surface area contributed by atoms with Crippen LogP contribution in [0, 0.1) is 0 Å². The molecule has 9 nitrogen and oxygen atoms in total. The molecule has 0 radical (unpaired) electrons. The number of allylic oxidation sites excluding steroid dienone is 2. The van der Waals surface area contributed by atoms with Crippen LogP contribution >= 0.6 is 15.9 Å². The van der Waals surface area contributed by atoms with Gasteiger partial charge in [0, 0.05) is 82.8 Å². The number of H-pyrrole nitrogens is 1. The molecule has 1 aromatic heterocycles. The largest absolute Gasteiger partial charge is 0.461 e. The third-order valence-electron chi connectivity index (χ3n) is 7.66. The zero-order valence-corrected chi connectivity index (χ0v) is 28.1. The predicted molar refractivity (Wildman–Crippen MR) is 165 cm³/mol. The molecule has 2 fully saturated rings. The molecule has 0 unspecified atom stereocenters. The highest BCUT2D eigenvalue weighted by molar-refractivity contribution is 9.09. The van der Waals surface area contributed by atoms with Crippen molar-refractivity contribution in [3.05, 3.63) is 34.8 Å². The number of rotatable bonds is 5. The number of ketones is 2. The Morgan fingerprint density at radius 2 is 1.60 bits per heavy atom. The van der Waals surface area contributed by atoms with E-state index in [1.54, 1.807) is 19.1 Å². The quantitative estimate of drug-likeness (QED) is 0.0640. The fourth-order valence-electron chi connectivity index (χ4n) is 4.94. The Kier molecular flexibility index (Phi) is 16.0. The lowest BCUT2D eigenvalue weighted by Crippen LogP contribution is -2.37. The second-order valence-electron chi connectivity index (χ2n) is 11.4. The molecule has 16 heteroatoms. The van der Waals surface area contributed by atoms with E-state index >= 15 is 0 Å². The molecular weight excluding hydrogens is 704 g/mol. The molecule has 0 aromatic carbocycles. The van der Waals surface area contributed by atoms with Crippen LogP contribution in [0.2, 0.25) is 0 Å². The van der Waals surface area contributed by atoms with E-state index in [4.69, 9.17) is 9.94 Å². The lowest BCUT2D eigenvalue weighted by atomic mass is 9.94. The minimum atomic E-state index is -2.61. The van der Waals surface area contributed by atoms with Gasteiger partial charge in [0.15, 0.2) is 11.5 Å². The number of aryl methyl sites for hydroxylation is 1. The van der Waals surface area contributed by atoms with Crippen LogP contribution in [0.3, 0.4) is 0 Å². The van der Waals surface area contributed by atoms with Gasteiger partial charge in [0.2, 0.25) is 5.92 Å². The number of hydrogen-bond donors (Lipinski definition) is 2. The fraction of sp³-hybridized carbons (Fsp3) is 0.677. The van der Waals surface area contributed by atoms with Crippen LogP contribution in [-0.2, 0) is 31.9 Å². The van der Waals surface area contributed by atoms with Crippen molar-refractivity contribution in [2.75, 3.05) is 38.2 Å². The maximum atomic E-state index is 13.0. The first kappa shape index (κ1) is 40.3. The zero-order valence-electron chi connectivity index (χ0n) is 26.5. The summed E-state index contributed by atoms with van der Waals surface area (Å²) in [5, 5.41) is 11.1. The summed E-state index contributed by atoms with van der Waals surface area (Å²) in [5.74, 6) is -8.38. The number of esters is 1. The van der Waals surface area contributed by atoms with Gasteiger partial charge < -0.3 is 24.6 Å². The number of morpholine rings is 1. The van der Waals surface area contributed by atoms with Crippen LogP contribution in [0.25, 0.3) is 0 Å². The van der Waals surface area contributed by atoms with Crippen molar-refractivity contribution in [3.8, 4) is 0 Å². The molecule has 0 amide bonds. The number of fused-ring (bicyclic) bond motifs is 1. The number of alkyl halides is 7. The first-order chi connectivity index (χ1) is 22.0. The lowest BCUT2D eigenvalue weighted by molar-refractivity contribution is -0.135. The van der Waals surface area contributed by atoms with Crippen molar-refractivity contribution in [1.82, 2.24) is 9.88 Å². The Bertz CT molecular complexity index is 1250. The highest BCUT2D eigenvalue weighted by atomic mass is 79.9. The molecule has 0 spiro atoms. The van der Waals surface area contributed by atoms with E-state index in [1.807, 2.05) is 0 Å². The Hall–Kier alpha value is -2.88. The number of aromatic amines is 1. The maximum Gasteiger partial charge on any atom is 0.356 e. The van der Waals surface area contributed by atoms with Crippen LogP contribution in [0.4, 0.5) is 26.3 Å². The average molecular weight is 747 g/mol. The maximum absolute atomic E-state index is 13.0. The summed E-state index contributed by atoms with van der Waals surface area (Å²) >= 11 is 2.95. The minimum absolute atomic E-state index is 0.00378. The van der Waals surface area contributed by atoms with Crippen LogP contribution in [0.15, 0.2) is 23.0 Å². The molecule has 4 aliphatic rings. The van der Waals surface area contributed by atoms with Crippen LogP contribution < -0.4 is 0 Å². The number of ether oxygens (including phenoxy) is 2. The van der Waals surface area contributed by atoms with E-state index in [2.05, 4.69) is 35.7 Å². The van der Waals surface area contributed by atoms with Gasteiger partial charge in [0.05, 0.1) is 30.8 Å². The molecule has 1 aliphatic heterocycles. The van der Waals surface area contributed by atoms with Gasteiger partial charge in [-0.15, -0.1) is 0 Å². The third-order valence-corrected chi connectivity index (χ3v) is 8.19. The Morgan fingerprint density at radius 3 is 2.09 bits per heavy atom. The molecule has 1 saturated carbocycles. The highest BCUT2D eigenvalue weighted by Crippen LogP contribution is 2.34. The fourth-order valence-corrected chi connectivity index (χ4v) is 5.28. The first-order valence-corrected chi connectivity index (χ1v) is 16.5. The van der Waals surface area contributed by atoms with E-state index < -0.39 is 23.7 Å². The molecule has 3 aliphatic carbocycles. The summed E-state index contributed by atoms with van der Waals surface area (Å²) in [6.45, 7) is 6.51. The van der Waals surface area contributed by atoms with Gasteiger partial charge in [0.25, 0.3) is 11.8 Å². The molecule has 1 aromatic rings. The first-order valence-electron chi connectivity index (χ1n) is 15.3. The Labute approximate surface area is 278 Å². The van der Waals surface area contributed by atoms with Crippen molar-refractivity contribution >= 4 is 39.2 Å². The molecule has 0 atom stereocenters. The zero-order chi connectivity index (χ0) is 35.3. The molecule has 2 N–H and O–H groups in total. The van der Waals surface area contributed by atoms with Crippen molar-refractivity contribution < 1.29 is 55.4 Å². The third kappa shape index (κ3) is 14.4. The number of carbonyl (C=O) groups is 3. The number of nitrogens with one attached hydrogen (secondary N) is 1. The summed E-state index contributed by atoms with van der Waals surface area (Å²) in [6.07, 6.45) is 1.69. The molecule has 47 heavy (non-hydrogen) atoms. The van der Waals surface area contributed by atoms with Crippen LogP contribution in [0.5, 0.6) is 0 Å². The van der Waals surface area contributed by atoms with Crippen molar-refractivity contribution in [3.63, 3.8) is 0 Å². The van der Waals surface area contributed by atoms with E-state index in [-0.39, 0.29) is 80.6 Å². The van der Waals surface area contributed by atoms with E-state index in [0.717, 1.165) is 24.5 Å². The summed E-state index contributed by atoms with van der Waals surface area (Å²) < 4.78 is 85.9. The molecular formula is C31H42BrF6N3O6. The second-order valence-corrected chi connectivity index (χ2v) is 12.0. The van der Waals surface area contributed by atoms with Gasteiger partial charge in [-0.3, -0.25) is 9.59 Å². The molecule has 1 saturated heterocycles. The molecule has 2 heterocycles. The number of nitrogens with zero attached hydrogens (tertiary/aromatic N) is 2. The van der Waals surface area contributed by atoms with Gasteiger partial charge >= 0.3 is 5.97 Å². The number of oxime groups is 1. The van der Waals surface area contributed by atoms with Crippen LogP contribution in [0.1, 0.15) is 87.0 Å². The minimum Gasteiger partial charge on any atom is -0.461 e. The highest BCUT2D eigenvalue weighted by Gasteiger charge is 2.36. The van der Waals surface area contributed by atoms with Crippen molar-refractivity contribution in [2.45, 2.75) is 95.8 Å². The van der Waals surface area contributed by atoms with Crippen molar-refractivity contribution in [1.29, 1.82) is 0 Å². The summed E-state index contributed by atoms with van der Waals surface area (Å²) in [6, 6.07) is 1.55. The average Bonchev–Trinajstić information content (AvgIpc) is 3.44. The molecule has 0 bridgehead atoms. The predicted octanol–water partition coefficient (Wildman–Crippen LogP) is 6.90. The van der Waals surface area contributed by atoms with Gasteiger partial charge in [0.1, 0.15) is 5.78 Å². The van der Waals surface area contributed by atoms with Gasteiger partial charge in [-0.2, -0.15) is 0 Å². The SMILES string of the molecule is CC(=O)c1cc2c([nH]1)CCC(F)(F)C2.CCOC(=O)C(CBr)=NO.FC1(F)CC=C(N2CCOCC2)CC1.O=C1CCC(F)(F)CC1. The van der Waals surface area contributed by atoms with E-state index in [9.17, 15) is 40.7 Å². The standard InChI is InChI=1S/C10H11F2NO.C10H15F2NO.C6H8F2O.C5H8BrNO3/c1-6(14)9-4-7-5-10(11,12)3-2-8(7)13-9;11-10(12)3-1-9(2-4-10)13-5-7-14-8-6-13;7-6(8)3-1-5(9)2-4-6;1-2-10-5(8)4(3-6)7-9/h4,13H,2-3,5H2,1H3;1H,2-8H2;1-4H2;9H,2-3H2,1H3. The monoisotopic (exact) mass is 745 g/mol. The number of halogens is 7. The van der Waals surface area contributed by atoms with Gasteiger partial charge in [-0.25, -0.2) is 31.1 Å². The number of aromatic nitrogens is 1. The molecule has 5 rings (SSSR count). The number of hydrogen-bond acceptors (Lipinski definition) is 8. The van der Waals surface area contributed by atoms with Gasteiger partial charge in [-0.1, -0.05) is 27.2 Å². The Balaban J connectivity index is 0.000000222. The normalized spacial score (nSPS) is 21.2. The smallest absolute Gasteiger partial charge is 0.356 e. The van der Waals surface area contributed by atoms with Crippen LogP contribution in [-0.4, -0.2) is 94.3 Å². The Morgan fingerprint density at radius 1 is 1.00 bits per heavy atom. The molecule has 266 valence electrons. The summed E-state index contributed by atoms with van der Waals surface area (Å²) in [4.78, 5) is 37.1. The van der Waals surface area contributed by atoms with E-state index in [1.165, 1.54) is 6.92 Å².